The van der Waals surface area contributed by atoms with Gasteiger partial charge in [-0.2, -0.15) is 0 Å². The predicted octanol–water partition coefficient (Wildman–Crippen LogP) is 7.76. The largest absolute Gasteiger partial charge is 0.507 e. The number of H-pyrrole nitrogens is 1. The third-order valence-corrected chi connectivity index (χ3v) is 6.04. The fourth-order valence-electron chi connectivity index (χ4n) is 3.97. The quantitative estimate of drug-likeness (QED) is 0.329. The van der Waals surface area contributed by atoms with Gasteiger partial charge in [0.25, 0.3) is 0 Å². The number of pyridine rings is 1. The molecule has 0 radical (unpaired) electrons. The molecule has 0 bridgehead atoms. The summed E-state index contributed by atoms with van der Waals surface area (Å²) in [6, 6.07) is 15.7. The number of aromatic nitrogens is 3. The summed E-state index contributed by atoms with van der Waals surface area (Å²) >= 11 is 6.13. The van der Waals surface area contributed by atoms with Crippen molar-refractivity contribution in [3.05, 3.63) is 77.1 Å². The fourth-order valence-corrected chi connectivity index (χ4v) is 4.09. The van der Waals surface area contributed by atoms with E-state index in [2.05, 4.69) is 51.5 Å². The van der Waals surface area contributed by atoms with Crippen LogP contribution < -0.4 is 0 Å². The van der Waals surface area contributed by atoms with Crippen molar-refractivity contribution >= 4 is 11.6 Å². The van der Waals surface area contributed by atoms with E-state index < -0.39 is 0 Å². The second-order valence-corrected chi connectivity index (χ2v) is 10.9. The van der Waals surface area contributed by atoms with Gasteiger partial charge in [-0.15, -0.1) is 0 Å². The highest BCUT2D eigenvalue weighted by Gasteiger charge is 2.28. The lowest BCUT2D eigenvalue weighted by Crippen LogP contribution is -2.17. The number of halogens is 1. The third-order valence-electron chi connectivity index (χ3n) is 5.79. The number of nitrogens with one attached hydrogen (secondary N) is 1. The molecule has 0 spiro atoms. The standard InChI is InChI=1S/C28H30ClN3O/c1-27(2,3)21-15-19(16-22(25(21)33)28(4,5)6)26-31-23(17-7-9-20(29)10-8-17)24(32-26)18-11-13-30-14-12-18/h7-16,33H,1-6H3,(H,31,32). The highest BCUT2D eigenvalue weighted by molar-refractivity contribution is 6.30. The molecule has 4 nitrogen and oxygen atoms in total. The van der Waals surface area contributed by atoms with E-state index in [0.717, 1.165) is 45.0 Å². The average molecular weight is 460 g/mol. The molecule has 0 amide bonds. The third kappa shape index (κ3) is 4.67. The summed E-state index contributed by atoms with van der Waals surface area (Å²) in [4.78, 5) is 12.7. The van der Waals surface area contributed by atoms with Crippen LogP contribution >= 0.6 is 11.6 Å². The van der Waals surface area contributed by atoms with Crippen LogP contribution in [0.3, 0.4) is 0 Å². The summed E-state index contributed by atoms with van der Waals surface area (Å²) < 4.78 is 0. The van der Waals surface area contributed by atoms with Gasteiger partial charge in [0.2, 0.25) is 0 Å². The molecule has 33 heavy (non-hydrogen) atoms. The molecule has 170 valence electrons. The van der Waals surface area contributed by atoms with E-state index >= 15 is 0 Å². The number of nitrogens with zero attached hydrogens (tertiary/aromatic N) is 2. The summed E-state index contributed by atoms with van der Waals surface area (Å²) in [6.07, 6.45) is 3.54. The van der Waals surface area contributed by atoms with Gasteiger partial charge in [0, 0.05) is 45.2 Å². The molecule has 0 aliphatic heterocycles. The van der Waals surface area contributed by atoms with E-state index in [1.807, 2.05) is 48.5 Å². The van der Waals surface area contributed by atoms with Crippen LogP contribution in [0.4, 0.5) is 0 Å². The number of hydrogen-bond donors (Lipinski definition) is 2. The van der Waals surface area contributed by atoms with Crippen LogP contribution in [-0.2, 0) is 10.8 Å². The normalized spacial score (nSPS) is 12.2. The van der Waals surface area contributed by atoms with Gasteiger partial charge in [0.1, 0.15) is 11.6 Å². The highest BCUT2D eigenvalue weighted by atomic mass is 35.5. The Hall–Kier alpha value is -3.11. The number of phenolic OH excluding ortho intramolecular Hbond substituents is 1. The van der Waals surface area contributed by atoms with Crippen LogP contribution in [0.2, 0.25) is 5.02 Å². The topological polar surface area (TPSA) is 61.8 Å². The fraction of sp³-hybridized carbons (Fsp3) is 0.286. The minimum Gasteiger partial charge on any atom is -0.507 e. The van der Waals surface area contributed by atoms with Crippen molar-refractivity contribution in [1.29, 1.82) is 0 Å². The zero-order chi connectivity index (χ0) is 24.0. The first-order chi connectivity index (χ1) is 15.4. The van der Waals surface area contributed by atoms with Crippen molar-refractivity contribution in [1.82, 2.24) is 15.0 Å². The van der Waals surface area contributed by atoms with Crippen molar-refractivity contribution in [3.63, 3.8) is 0 Å². The Balaban J connectivity index is 1.97. The van der Waals surface area contributed by atoms with Crippen LogP contribution in [0.15, 0.2) is 60.9 Å². The Kier molecular flexibility index (Phi) is 5.83. The lowest BCUT2D eigenvalue weighted by molar-refractivity contribution is 0.423. The SMILES string of the molecule is CC(C)(C)c1cc(-c2nc(-c3ccncc3)c(-c3ccc(Cl)cc3)[nH]2)cc(C(C)(C)C)c1O. The number of benzene rings is 2. The summed E-state index contributed by atoms with van der Waals surface area (Å²) in [5, 5.41) is 11.8. The van der Waals surface area contributed by atoms with E-state index in [1.54, 1.807) is 12.4 Å². The zero-order valence-corrected chi connectivity index (χ0v) is 20.7. The number of aromatic amines is 1. The minimum atomic E-state index is -0.223. The van der Waals surface area contributed by atoms with Crippen LogP contribution in [0, 0.1) is 0 Å². The number of imidazole rings is 1. The number of phenols is 1. The molecule has 0 atom stereocenters. The van der Waals surface area contributed by atoms with Gasteiger partial charge >= 0.3 is 0 Å². The molecular weight excluding hydrogens is 430 g/mol. The van der Waals surface area contributed by atoms with Crippen LogP contribution in [0.1, 0.15) is 52.7 Å². The molecule has 0 unspecified atom stereocenters. The first-order valence-electron chi connectivity index (χ1n) is 11.1. The van der Waals surface area contributed by atoms with Crippen LogP contribution in [0.5, 0.6) is 5.75 Å². The Morgan fingerprint density at radius 3 is 1.82 bits per heavy atom. The second kappa shape index (κ2) is 8.35. The maximum absolute atomic E-state index is 11.1. The first-order valence-corrected chi connectivity index (χ1v) is 11.5. The Bertz CT molecular complexity index is 1240. The molecule has 2 heterocycles. The second-order valence-electron chi connectivity index (χ2n) is 10.5. The van der Waals surface area contributed by atoms with Crippen LogP contribution in [-0.4, -0.2) is 20.1 Å². The van der Waals surface area contributed by atoms with E-state index in [-0.39, 0.29) is 10.8 Å². The molecule has 5 heteroatoms. The maximum Gasteiger partial charge on any atom is 0.138 e. The Labute approximate surface area is 200 Å². The molecule has 2 N–H and O–H groups in total. The van der Waals surface area contributed by atoms with Gasteiger partial charge in [-0.05, 0) is 47.2 Å². The highest BCUT2D eigenvalue weighted by Crippen LogP contribution is 2.42. The summed E-state index contributed by atoms with van der Waals surface area (Å²) in [5.74, 6) is 1.11. The summed E-state index contributed by atoms with van der Waals surface area (Å²) in [6.45, 7) is 12.7. The van der Waals surface area contributed by atoms with Crippen molar-refractivity contribution in [3.8, 4) is 39.7 Å². The molecule has 0 saturated heterocycles. The van der Waals surface area contributed by atoms with Crippen LogP contribution in [0.25, 0.3) is 33.9 Å². The van der Waals surface area contributed by atoms with Crippen molar-refractivity contribution < 1.29 is 5.11 Å². The molecule has 4 aromatic rings. The summed E-state index contributed by atoms with van der Waals surface area (Å²) in [5.41, 5.74) is 6.03. The van der Waals surface area contributed by atoms with Gasteiger partial charge in [-0.3, -0.25) is 4.98 Å². The monoisotopic (exact) mass is 459 g/mol. The lowest BCUT2D eigenvalue weighted by atomic mass is 9.78. The Morgan fingerprint density at radius 1 is 0.758 bits per heavy atom. The van der Waals surface area contributed by atoms with E-state index in [0.29, 0.717) is 10.8 Å². The van der Waals surface area contributed by atoms with E-state index in [1.165, 1.54) is 0 Å². The molecule has 0 fully saturated rings. The minimum absolute atomic E-state index is 0.223. The lowest BCUT2D eigenvalue weighted by Gasteiger charge is -2.28. The van der Waals surface area contributed by atoms with Crippen molar-refractivity contribution in [2.24, 2.45) is 0 Å². The molecule has 2 aromatic carbocycles. The smallest absolute Gasteiger partial charge is 0.138 e. The molecular formula is C28H30ClN3O. The molecule has 0 aliphatic rings. The van der Waals surface area contributed by atoms with Gasteiger partial charge < -0.3 is 10.1 Å². The zero-order valence-electron chi connectivity index (χ0n) is 20.0. The van der Waals surface area contributed by atoms with Gasteiger partial charge in [-0.1, -0.05) is 65.3 Å². The maximum atomic E-state index is 11.1. The predicted molar refractivity (Wildman–Crippen MR) is 137 cm³/mol. The van der Waals surface area contributed by atoms with E-state index in [4.69, 9.17) is 16.6 Å². The molecule has 0 saturated carbocycles. The number of hydrogen-bond acceptors (Lipinski definition) is 3. The van der Waals surface area contributed by atoms with Gasteiger partial charge in [0.15, 0.2) is 0 Å². The Morgan fingerprint density at radius 2 is 1.30 bits per heavy atom. The molecule has 2 aromatic heterocycles. The van der Waals surface area contributed by atoms with Crippen molar-refractivity contribution in [2.75, 3.05) is 0 Å². The van der Waals surface area contributed by atoms with Crippen molar-refractivity contribution in [2.45, 2.75) is 52.4 Å². The molecule has 0 aliphatic carbocycles. The first kappa shape index (κ1) is 23.1. The number of aromatic hydroxyl groups is 1. The van der Waals surface area contributed by atoms with Gasteiger partial charge in [-0.25, -0.2) is 4.98 Å². The van der Waals surface area contributed by atoms with E-state index in [9.17, 15) is 5.11 Å². The summed E-state index contributed by atoms with van der Waals surface area (Å²) in [7, 11) is 0. The van der Waals surface area contributed by atoms with Gasteiger partial charge in [0.05, 0.1) is 11.4 Å². The average Bonchev–Trinajstić information content (AvgIpc) is 3.19. The molecule has 4 rings (SSSR count). The number of rotatable bonds is 3.